The number of hydrogen-bond acceptors (Lipinski definition) is 3. The summed E-state index contributed by atoms with van der Waals surface area (Å²) in [5.74, 6) is 0.0867. The molecule has 0 unspecified atom stereocenters. The second kappa shape index (κ2) is 7.68. The van der Waals surface area contributed by atoms with Crippen LogP contribution in [-0.2, 0) is 11.2 Å². The Kier molecular flexibility index (Phi) is 5.16. The van der Waals surface area contributed by atoms with Crippen LogP contribution in [0.5, 0.6) is 5.75 Å². The van der Waals surface area contributed by atoms with Crippen LogP contribution in [0.25, 0.3) is 6.08 Å². The molecule has 1 aliphatic heterocycles. The van der Waals surface area contributed by atoms with Crippen molar-refractivity contribution >= 4 is 17.7 Å². The number of amides is 1. The van der Waals surface area contributed by atoms with Crippen LogP contribution in [-0.4, -0.2) is 30.6 Å². The number of fused-ring (bicyclic) bond motifs is 1. The van der Waals surface area contributed by atoms with Gasteiger partial charge in [0.25, 0.3) is 0 Å². The number of benzene rings is 2. The molecule has 2 aromatic carbocycles. The SMILES string of the molecule is O=C(/C=C/c1cccc(O)c1)NCCCN1CCc2ccccc21. The molecule has 3 rings (SSSR count). The number of anilines is 1. The standard InChI is InChI=1S/C20H22N2O2/c23-18-7-3-5-16(15-18)9-10-20(24)21-12-4-13-22-14-11-17-6-1-2-8-19(17)22/h1-3,5-10,15,23H,4,11-14H2,(H,21,24)/b10-9+. The Morgan fingerprint density at radius 3 is 2.96 bits per heavy atom. The van der Waals surface area contributed by atoms with Gasteiger partial charge in [-0.05, 0) is 48.2 Å². The number of carbonyl (C=O) groups excluding carboxylic acids is 1. The summed E-state index contributed by atoms with van der Waals surface area (Å²) >= 11 is 0. The molecule has 1 aliphatic rings. The number of aromatic hydroxyl groups is 1. The third-order valence-corrected chi connectivity index (χ3v) is 4.18. The van der Waals surface area contributed by atoms with Crippen LogP contribution in [0.15, 0.2) is 54.6 Å². The molecule has 0 aromatic heterocycles. The Balaban J connectivity index is 1.40. The zero-order chi connectivity index (χ0) is 16.8. The largest absolute Gasteiger partial charge is 0.508 e. The minimum Gasteiger partial charge on any atom is -0.508 e. The first kappa shape index (κ1) is 16.1. The van der Waals surface area contributed by atoms with Gasteiger partial charge in [-0.1, -0.05) is 30.3 Å². The van der Waals surface area contributed by atoms with Crippen molar-refractivity contribution in [3.05, 3.63) is 65.7 Å². The van der Waals surface area contributed by atoms with Crippen LogP contribution in [0.4, 0.5) is 5.69 Å². The average molecular weight is 322 g/mol. The first-order valence-corrected chi connectivity index (χ1v) is 8.30. The number of hydrogen-bond donors (Lipinski definition) is 2. The van der Waals surface area contributed by atoms with Crippen LogP contribution in [0, 0.1) is 0 Å². The summed E-state index contributed by atoms with van der Waals surface area (Å²) in [4.78, 5) is 14.2. The predicted molar refractivity (Wildman–Crippen MR) is 97.1 cm³/mol. The van der Waals surface area contributed by atoms with E-state index in [-0.39, 0.29) is 11.7 Å². The first-order valence-electron chi connectivity index (χ1n) is 8.30. The molecule has 1 amide bonds. The van der Waals surface area contributed by atoms with E-state index in [1.54, 1.807) is 24.3 Å². The molecule has 2 aromatic rings. The first-order chi connectivity index (χ1) is 11.7. The summed E-state index contributed by atoms with van der Waals surface area (Å²) in [6.45, 7) is 2.67. The Morgan fingerprint density at radius 2 is 2.08 bits per heavy atom. The molecule has 0 spiro atoms. The van der Waals surface area contributed by atoms with E-state index >= 15 is 0 Å². The van der Waals surface area contributed by atoms with E-state index in [0.29, 0.717) is 6.54 Å². The third-order valence-electron chi connectivity index (χ3n) is 4.18. The van der Waals surface area contributed by atoms with Crippen LogP contribution < -0.4 is 10.2 Å². The number of phenolic OH excluding ortho intramolecular Hbond substituents is 1. The van der Waals surface area contributed by atoms with Crippen molar-refractivity contribution < 1.29 is 9.90 Å². The number of carbonyl (C=O) groups is 1. The van der Waals surface area contributed by atoms with Gasteiger partial charge in [0.15, 0.2) is 0 Å². The maximum absolute atomic E-state index is 11.8. The zero-order valence-electron chi connectivity index (χ0n) is 13.6. The molecule has 0 saturated heterocycles. The lowest BCUT2D eigenvalue weighted by Crippen LogP contribution is -2.28. The van der Waals surface area contributed by atoms with Crippen molar-refractivity contribution in [1.29, 1.82) is 0 Å². The summed E-state index contributed by atoms with van der Waals surface area (Å²) in [6, 6.07) is 15.3. The van der Waals surface area contributed by atoms with E-state index in [2.05, 4.69) is 34.5 Å². The minimum atomic E-state index is -0.111. The molecule has 0 radical (unpaired) electrons. The van der Waals surface area contributed by atoms with Gasteiger partial charge in [-0.25, -0.2) is 0 Å². The van der Waals surface area contributed by atoms with E-state index < -0.39 is 0 Å². The second-order valence-corrected chi connectivity index (χ2v) is 5.94. The summed E-state index contributed by atoms with van der Waals surface area (Å²) < 4.78 is 0. The quantitative estimate of drug-likeness (QED) is 0.635. The van der Waals surface area contributed by atoms with Crippen LogP contribution >= 0.6 is 0 Å². The molecule has 0 saturated carbocycles. The summed E-state index contributed by atoms with van der Waals surface area (Å²) in [5, 5.41) is 12.3. The molecule has 0 fully saturated rings. The normalized spacial score (nSPS) is 13.2. The lowest BCUT2D eigenvalue weighted by atomic mass is 10.2. The van der Waals surface area contributed by atoms with E-state index in [9.17, 15) is 9.90 Å². The molecular formula is C20H22N2O2. The molecule has 24 heavy (non-hydrogen) atoms. The van der Waals surface area contributed by atoms with Crippen LogP contribution in [0.1, 0.15) is 17.5 Å². The smallest absolute Gasteiger partial charge is 0.244 e. The molecule has 2 N–H and O–H groups in total. The Morgan fingerprint density at radius 1 is 1.21 bits per heavy atom. The molecule has 0 aliphatic carbocycles. The molecule has 0 atom stereocenters. The highest BCUT2D eigenvalue weighted by Gasteiger charge is 2.17. The Bertz CT molecular complexity index is 740. The van der Waals surface area contributed by atoms with Gasteiger partial charge in [0.2, 0.25) is 5.91 Å². The van der Waals surface area contributed by atoms with Gasteiger partial charge < -0.3 is 15.3 Å². The van der Waals surface area contributed by atoms with Gasteiger partial charge in [-0.3, -0.25) is 4.79 Å². The highest BCUT2D eigenvalue weighted by atomic mass is 16.3. The third kappa shape index (κ3) is 4.16. The number of phenols is 1. The van der Waals surface area contributed by atoms with Crippen LogP contribution in [0.2, 0.25) is 0 Å². The van der Waals surface area contributed by atoms with E-state index in [1.165, 1.54) is 17.3 Å². The van der Waals surface area contributed by atoms with Crippen molar-refractivity contribution in [2.45, 2.75) is 12.8 Å². The number of nitrogens with zero attached hydrogens (tertiary/aromatic N) is 1. The monoisotopic (exact) mass is 322 g/mol. The summed E-state index contributed by atoms with van der Waals surface area (Å²) in [6.07, 6.45) is 5.22. The molecule has 4 heteroatoms. The minimum absolute atomic E-state index is 0.111. The number of nitrogens with one attached hydrogen (secondary N) is 1. The average Bonchev–Trinajstić information content (AvgIpc) is 3.00. The molecule has 4 nitrogen and oxygen atoms in total. The lowest BCUT2D eigenvalue weighted by Gasteiger charge is -2.19. The molecule has 1 heterocycles. The lowest BCUT2D eigenvalue weighted by molar-refractivity contribution is -0.116. The van der Waals surface area contributed by atoms with Crippen molar-refractivity contribution in [2.24, 2.45) is 0 Å². The fourth-order valence-electron chi connectivity index (χ4n) is 2.98. The van der Waals surface area contributed by atoms with E-state index in [4.69, 9.17) is 0 Å². The fourth-order valence-corrected chi connectivity index (χ4v) is 2.98. The van der Waals surface area contributed by atoms with E-state index in [0.717, 1.165) is 31.5 Å². The highest BCUT2D eigenvalue weighted by molar-refractivity contribution is 5.91. The maximum Gasteiger partial charge on any atom is 0.244 e. The topological polar surface area (TPSA) is 52.6 Å². The summed E-state index contributed by atoms with van der Waals surface area (Å²) in [7, 11) is 0. The van der Waals surface area contributed by atoms with Gasteiger partial charge in [0.1, 0.15) is 5.75 Å². The molecular weight excluding hydrogens is 300 g/mol. The highest BCUT2D eigenvalue weighted by Crippen LogP contribution is 2.27. The van der Waals surface area contributed by atoms with Crippen molar-refractivity contribution in [3.63, 3.8) is 0 Å². The fraction of sp³-hybridized carbons (Fsp3) is 0.250. The Hall–Kier alpha value is -2.75. The second-order valence-electron chi connectivity index (χ2n) is 5.94. The van der Waals surface area contributed by atoms with Crippen molar-refractivity contribution in [3.8, 4) is 5.75 Å². The van der Waals surface area contributed by atoms with Gasteiger partial charge >= 0.3 is 0 Å². The predicted octanol–water partition coefficient (Wildman–Crippen LogP) is 2.97. The van der Waals surface area contributed by atoms with Crippen LogP contribution in [0.3, 0.4) is 0 Å². The Labute approximate surface area is 142 Å². The van der Waals surface area contributed by atoms with E-state index in [1.807, 2.05) is 6.07 Å². The molecule has 0 bridgehead atoms. The molecule has 124 valence electrons. The zero-order valence-corrected chi connectivity index (χ0v) is 13.6. The van der Waals surface area contributed by atoms with Gasteiger partial charge in [-0.15, -0.1) is 0 Å². The number of para-hydroxylation sites is 1. The van der Waals surface area contributed by atoms with Crippen molar-refractivity contribution in [1.82, 2.24) is 5.32 Å². The van der Waals surface area contributed by atoms with Gasteiger partial charge in [-0.2, -0.15) is 0 Å². The van der Waals surface area contributed by atoms with Gasteiger partial charge in [0.05, 0.1) is 0 Å². The number of rotatable bonds is 6. The summed E-state index contributed by atoms with van der Waals surface area (Å²) in [5.41, 5.74) is 3.54. The van der Waals surface area contributed by atoms with Gasteiger partial charge in [0, 0.05) is 31.4 Å². The van der Waals surface area contributed by atoms with Crippen molar-refractivity contribution in [2.75, 3.05) is 24.5 Å². The maximum atomic E-state index is 11.8.